The molecule has 1 aromatic carbocycles. The predicted octanol–water partition coefficient (Wildman–Crippen LogP) is 4.78. The second-order valence-corrected chi connectivity index (χ2v) is 12.0. The van der Waals surface area contributed by atoms with Gasteiger partial charge < -0.3 is 19.7 Å². The summed E-state index contributed by atoms with van der Waals surface area (Å²) in [7, 11) is 0. The zero-order valence-electron chi connectivity index (χ0n) is 23.9. The lowest BCUT2D eigenvalue weighted by molar-refractivity contribution is -0.143. The number of ether oxygens (including phenoxy) is 2. The van der Waals surface area contributed by atoms with Gasteiger partial charge in [0.25, 0.3) is 0 Å². The second-order valence-electron chi connectivity index (χ2n) is 12.0. The van der Waals surface area contributed by atoms with Gasteiger partial charge >= 0.3 is 0 Å². The van der Waals surface area contributed by atoms with E-state index in [4.69, 9.17) is 9.47 Å². The molecule has 3 fully saturated rings. The molecule has 0 bridgehead atoms. The van der Waals surface area contributed by atoms with E-state index in [-0.39, 0.29) is 17.9 Å². The summed E-state index contributed by atoms with van der Waals surface area (Å²) < 4.78 is 11.9. The lowest BCUT2D eigenvalue weighted by atomic mass is 9.73. The molecule has 1 N–H and O–H groups in total. The monoisotopic (exact) mass is 527 g/mol. The molecule has 0 unspecified atom stereocenters. The van der Waals surface area contributed by atoms with Crippen molar-refractivity contribution in [1.82, 2.24) is 15.1 Å². The average molecular weight is 528 g/mol. The molecule has 3 saturated heterocycles. The van der Waals surface area contributed by atoms with Crippen LogP contribution in [-0.2, 0) is 20.9 Å². The van der Waals surface area contributed by atoms with Gasteiger partial charge in [-0.3, -0.25) is 14.5 Å². The summed E-state index contributed by atoms with van der Waals surface area (Å²) in [5.74, 6) is 1.44. The third-order valence-electron chi connectivity index (χ3n) is 8.69. The summed E-state index contributed by atoms with van der Waals surface area (Å²) in [4.78, 5) is 32.2. The van der Waals surface area contributed by atoms with Crippen molar-refractivity contribution in [1.29, 1.82) is 0 Å². The van der Waals surface area contributed by atoms with Gasteiger partial charge in [0.2, 0.25) is 11.8 Å². The number of carbonyl (C=O) groups is 2. The summed E-state index contributed by atoms with van der Waals surface area (Å²) >= 11 is 0. The largest absolute Gasteiger partial charge is 0.494 e. The van der Waals surface area contributed by atoms with Crippen molar-refractivity contribution >= 4 is 11.8 Å². The zero-order valence-corrected chi connectivity index (χ0v) is 23.9. The Kier molecular flexibility index (Phi) is 10.5. The number of nitrogens with zero attached hydrogens (tertiary/aromatic N) is 2. The molecule has 212 valence electrons. The Labute approximate surface area is 229 Å². The number of hydrogen-bond donors (Lipinski definition) is 1. The molecule has 0 radical (unpaired) electrons. The Morgan fingerprint density at radius 2 is 1.84 bits per heavy atom. The topological polar surface area (TPSA) is 71.1 Å². The standard InChI is InChI=1S/C31H49N3O4/c1-4-38-28-13-7-6-11-25(28)22-33-18-15-31(16-19-33)14-8-5-9-20-37-23-26-12-10-17-34(26)29(35)27(21-24(2)3)32-30(31)36/h6-7,11,13,24,26-27H,4-5,8-10,12,14-23H2,1-3H3,(H,32,36)/t26-,27-/m0/s1. The van der Waals surface area contributed by atoms with Crippen LogP contribution >= 0.6 is 0 Å². The fraction of sp³-hybridized carbons (Fsp3) is 0.742. The number of carbonyl (C=O) groups excluding carboxylic acids is 2. The minimum absolute atomic E-state index is 0.0790. The van der Waals surface area contributed by atoms with E-state index in [2.05, 4.69) is 36.2 Å². The number of rotatable bonds is 6. The highest BCUT2D eigenvalue weighted by Gasteiger charge is 2.43. The minimum atomic E-state index is -0.459. The molecule has 0 aromatic heterocycles. The predicted molar refractivity (Wildman–Crippen MR) is 150 cm³/mol. The quantitative estimate of drug-likeness (QED) is 0.577. The van der Waals surface area contributed by atoms with Gasteiger partial charge in [-0.2, -0.15) is 0 Å². The van der Waals surface area contributed by atoms with E-state index in [1.807, 2.05) is 24.0 Å². The van der Waals surface area contributed by atoms with Crippen LogP contribution in [0.25, 0.3) is 0 Å². The van der Waals surface area contributed by atoms with Gasteiger partial charge in [-0.15, -0.1) is 0 Å². The maximum Gasteiger partial charge on any atom is 0.245 e. The molecule has 1 spiro atoms. The molecule has 3 aliphatic heterocycles. The van der Waals surface area contributed by atoms with E-state index in [0.29, 0.717) is 25.6 Å². The molecular formula is C31H49N3O4. The Balaban J connectivity index is 1.48. The highest BCUT2D eigenvalue weighted by molar-refractivity contribution is 5.90. The van der Waals surface area contributed by atoms with Crippen LogP contribution in [0, 0.1) is 11.3 Å². The Bertz CT molecular complexity index is 912. The maximum atomic E-state index is 14.0. The summed E-state index contributed by atoms with van der Waals surface area (Å²) in [5.41, 5.74) is 0.782. The molecule has 38 heavy (non-hydrogen) atoms. The molecule has 4 rings (SSSR count). The van der Waals surface area contributed by atoms with Crippen molar-refractivity contribution < 1.29 is 19.1 Å². The van der Waals surface area contributed by atoms with E-state index in [1.54, 1.807) is 0 Å². The van der Waals surface area contributed by atoms with E-state index >= 15 is 0 Å². The number of piperidine rings is 1. The highest BCUT2D eigenvalue weighted by atomic mass is 16.5. The van der Waals surface area contributed by atoms with Gasteiger partial charge in [0.15, 0.2) is 0 Å². The van der Waals surface area contributed by atoms with E-state index in [1.165, 1.54) is 5.56 Å². The van der Waals surface area contributed by atoms with Crippen LogP contribution in [0.5, 0.6) is 5.75 Å². The third-order valence-corrected chi connectivity index (χ3v) is 8.69. The number of benzene rings is 1. The minimum Gasteiger partial charge on any atom is -0.494 e. The number of hydrogen-bond acceptors (Lipinski definition) is 5. The number of fused-ring (bicyclic) bond motifs is 1. The average Bonchev–Trinajstić information content (AvgIpc) is 3.37. The molecule has 1 aromatic rings. The van der Waals surface area contributed by atoms with Crippen LogP contribution in [0.2, 0.25) is 0 Å². The van der Waals surface area contributed by atoms with Crippen molar-refractivity contribution in [3.63, 3.8) is 0 Å². The lowest BCUT2D eigenvalue weighted by Gasteiger charge is -2.42. The first-order chi connectivity index (χ1) is 18.4. The van der Waals surface area contributed by atoms with Crippen molar-refractivity contribution in [2.75, 3.05) is 39.5 Å². The fourth-order valence-corrected chi connectivity index (χ4v) is 6.47. The van der Waals surface area contributed by atoms with Gasteiger partial charge in [0.1, 0.15) is 11.8 Å². The molecule has 7 nitrogen and oxygen atoms in total. The Morgan fingerprint density at radius 3 is 2.61 bits per heavy atom. The van der Waals surface area contributed by atoms with Crippen LogP contribution in [0.15, 0.2) is 24.3 Å². The van der Waals surface area contributed by atoms with Gasteiger partial charge in [-0.05, 0) is 76.9 Å². The molecule has 7 heteroatoms. The smallest absolute Gasteiger partial charge is 0.245 e. The third kappa shape index (κ3) is 7.29. The first kappa shape index (κ1) is 28.9. The van der Waals surface area contributed by atoms with Crippen LogP contribution in [-0.4, -0.2) is 73.2 Å². The first-order valence-electron chi connectivity index (χ1n) is 15.0. The SMILES string of the molecule is CCOc1ccccc1CN1CCC2(CCCCCOC[C@@H]3CCCN3C(=O)[C@H](CC(C)C)NC2=O)CC1. The lowest BCUT2D eigenvalue weighted by Crippen LogP contribution is -2.56. The summed E-state index contributed by atoms with van der Waals surface area (Å²) in [6, 6.07) is 7.93. The Hall–Kier alpha value is -2.12. The summed E-state index contributed by atoms with van der Waals surface area (Å²) in [6.45, 7) is 11.6. The van der Waals surface area contributed by atoms with Gasteiger partial charge in [0, 0.05) is 25.3 Å². The van der Waals surface area contributed by atoms with Crippen LogP contribution < -0.4 is 10.1 Å². The molecule has 3 aliphatic rings. The molecule has 2 amide bonds. The number of likely N-dealkylation sites (tertiary alicyclic amines) is 1. The van der Waals surface area contributed by atoms with Crippen LogP contribution in [0.1, 0.15) is 84.1 Å². The summed E-state index contributed by atoms with van der Waals surface area (Å²) in [6.07, 6.45) is 8.28. The maximum absolute atomic E-state index is 14.0. The molecule has 0 aliphatic carbocycles. The Morgan fingerprint density at radius 1 is 1.05 bits per heavy atom. The second kappa shape index (κ2) is 13.8. The van der Waals surface area contributed by atoms with Crippen molar-refractivity contribution in [3.8, 4) is 5.75 Å². The van der Waals surface area contributed by atoms with Gasteiger partial charge in [-0.1, -0.05) is 44.9 Å². The number of para-hydroxylation sites is 1. The number of nitrogens with one attached hydrogen (secondary N) is 1. The van der Waals surface area contributed by atoms with Crippen LogP contribution in [0.4, 0.5) is 0 Å². The van der Waals surface area contributed by atoms with Gasteiger partial charge in [-0.25, -0.2) is 0 Å². The van der Waals surface area contributed by atoms with Crippen LogP contribution in [0.3, 0.4) is 0 Å². The van der Waals surface area contributed by atoms with E-state index < -0.39 is 11.5 Å². The molecule has 2 atom stereocenters. The first-order valence-corrected chi connectivity index (χ1v) is 15.0. The van der Waals surface area contributed by atoms with E-state index in [0.717, 1.165) is 89.9 Å². The highest BCUT2D eigenvalue weighted by Crippen LogP contribution is 2.38. The van der Waals surface area contributed by atoms with Crippen molar-refractivity contribution in [2.24, 2.45) is 11.3 Å². The summed E-state index contributed by atoms with van der Waals surface area (Å²) in [5, 5.41) is 3.31. The van der Waals surface area contributed by atoms with Crippen molar-refractivity contribution in [3.05, 3.63) is 29.8 Å². The van der Waals surface area contributed by atoms with Crippen molar-refractivity contribution in [2.45, 2.75) is 97.2 Å². The fourth-order valence-electron chi connectivity index (χ4n) is 6.47. The normalized spacial score (nSPS) is 25.7. The molecule has 0 saturated carbocycles. The number of amides is 2. The molecular weight excluding hydrogens is 478 g/mol. The van der Waals surface area contributed by atoms with Gasteiger partial charge in [0.05, 0.1) is 24.7 Å². The zero-order chi connectivity index (χ0) is 27.0. The van der Waals surface area contributed by atoms with E-state index in [9.17, 15) is 9.59 Å². The molecule has 3 heterocycles.